The molecule has 0 aliphatic rings. The van der Waals surface area contributed by atoms with Gasteiger partial charge in [0.2, 0.25) is 0 Å². The molecule has 0 saturated heterocycles. The average molecular weight is 367 g/mol. The number of benzene rings is 1. The molecule has 1 rings (SSSR count). The van der Waals surface area contributed by atoms with Crippen molar-refractivity contribution in [1.29, 1.82) is 0 Å². The molecule has 2 atom stereocenters. The lowest BCUT2D eigenvalue weighted by Crippen LogP contribution is -2.20. The molecule has 0 aromatic heterocycles. The van der Waals surface area contributed by atoms with Crippen LogP contribution in [0.25, 0.3) is 0 Å². The molecule has 0 saturated carbocycles. The van der Waals surface area contributed by atoms with E-state index in [2.05, 4.69) is 36.6 Å². The lowest BCUT2D eigenvalue weighted by atomic mass is 10.1. The van der Waals surface area contributed by atoms with Gasteiger partial charge in [-0.05, 0) is 5.56 Å². The predicted molar refractivity (Wildman–Crippen MR) is 69.5 cm³/mol. The molecule has 0 N–H and O–H groups in total. The van der Waals surface area contributed by atoms with E-state index in [1.165, 1.54) is 19.2 Å². The van der Waals surface area contributed by atoms with Crippen molar-refractivity contribution in [2.24, 2.45) is 0 Å². The van der Waals surface area contributed by atoms with E-state index in [1.807, 2.05) is 0 Å². The van der Waals surface area contributed by atoms with Gasteiger partial charge in [0.1, 0.15) is 4.83 Å². The lowest BCUT2D eigenvalue weighted by molar-refractivity contribution is -0.384. The molecule has 0 spiro atoms. The lowest BCUT2D eigenvalue weighted by Gasteiger charge is -2.14. The summed E-state index contributed by atoms with van der Waals surface area (Å²) in [4.78, 5) is 20.4. The van der Waals surface area contributed by atoms with Gasteiger partial charge in [0.25, 0.3) is 5.69 Å². The third-order valence-corrected chi connectivity index (χ3v) is 4.77. The Bertz CT molecular complexity index is 421. The van der Waals surface area contributed by atoms with Gasteiger partial charge in [-0.2, -0.15) is 0 Å². The number of ether oxygens (including phenoxy) is 1. The van der Waals surface area contributed by atoms with E-state index in [4.69, 9.17) is 0 Å². The Labute approximate surface area is 115 Å². The van der Waals surface area contributed by atoms with Gasteiger partial charge >= 0.3 is 5.97 Å². The Hall–Kier alpha value is -0.950. The number of halogens is 2. The molecule has 0 radical (unpaired) electrons. The number of nitro benzene ring substituents is 1. The average Bonchev–Trinajstić information content (AvgIpc) is 2.36. The van der Waals surface area contributed by atoms with Crippen molar-refractivity contribution >= 4 is 43.5 Å². The van der Waals surface area contributed by atoms with Gasteiger partial charge in [0.05, 0.1) is 16.9 Å². The zero-order valence-electron chi connectivity index (χ0n) is 8.80. The maximum absolute atomic E-state index is 11.3. The van der Waals surface area contributed by atoms with Crippen LogP contribution in [0.2, 0.25) is 0 Å². The maximum atomic E-state index is 11.3. The van der Waals surface area contributed by atoms with Crippen molar-refractivity contribution in [2.75, 3.05) is 7.11 Å². The third-order valence-electron chi connectivity index (χ3n) is 2.11. The molecule has 92 valence electrons. The predicted octanol–water partition coefficient (Wildman–Crippen LogP) is 2.97. The smallest absolute Gasteiger partial charge is 0.320 e. The second-order valence-corrected chi connectivity index (χ2v) is 5.15. The molecule has 0 aliphatic carbocycles. The molecule has 0 heterocycles. The summed E-state index contributed by atoms with van der Waals surface area (Å²) >= 11 is 6.53. The van der Waals surface area contributed by atoms with Crippen molar-refractivity contribution in [3.8, 4) is 0 Å². The van der Waals surface area contributed by atoms with E-state index in [9.17, 15) is 14.9 Å². The summed E-state index contributed by atoms with van der Waals surface area (Å²) in [5.74, 6) is -0.412. The van der Waals surface area contributed by atoms with Crippen LogP contribution in [0, 0.1) is 10.1 Å². The molecule has 5 nitrogen and oxygen atoms in total. The normalized spacial score (nSPS) is 13.8. The first kappa shape index (κ1) is 14.1. The second kappa shape index (κ2) is 6.11. The van der Waals surface area contributed by atoms with E-state index in [0.29, 0.717) is 0 Å². The molecule has 1 aromatic carbocycles. The highest BCUT2D eigenvalue weighted by atomic mass is 79.9. The summed E-state index contributed by atoms with van der Waals surface area (Å²) in [6, 6.07) is 5.96. The Morgan fingerprint density at radius 3 is 2.29 bits per heavy atom. The summed E-state index contributed by atoms with van der Waals surface area (Å²) in [6.45, 7) is 0. The molecule has 0 amide bonds. The molecular weight excluding hydrogens is 358 g/mol. The standard InChI is InChI=1S/C10H9Br2NO4/c1-17-10(14)9(12)8(11)6-2-4-7(5-3-6)13(15)16/h2-5,8-9H,1H3/t8-,9-/m1/s1. The van der Waals surface area contributed by atoms with Crippen LogP contribution in [0.5, 0.6) is 0 Å². The number of rotatable bonds is 4. The molecule has 0 bridgehead atoms. The zero-order chi connectivity index (χ0) is 13.0. The Balaban J connectivity index is 2.86. The number of esters is 1. The fourth-order valence-electron chi connectivity index (χ4n) is 1.18. The topological polar surface area (TPSA) is 69.4 Å². The van der Waals surface area contributed by atoms with Crippen molar-refractivity contribution in [3.63, 3.8) is 0 Å². The van der Waals surface area contributed by atoms with Gasteiger partial charge in [-0.25, -0.2) is 0 Å². The van der Waals surface area contributed by atoms with Crippen molar-refractivity contribution in [3.05, 3.63) is 39.9 Å². The molecule has 0 fully saturated rings. The number of hydrogen-bond donors (Lipinski definition) is 0. The fraction of sp³-hybridized carbons (Fsp3) is 0.300. The summed E-state index contributed by atoms with van der Waals surface area (Å²) < 4.78 is 4.59. The van der Waals surface area contributed by atoms with Gasteiger partial charge in [-0.15, -0.1) is 0 Å². The highest BCUT2D eigenvalue weighted by Crippen LogP contribution is 2.32. The number of methoxy groups -OCH3 is 1. The number of carbonyl (C=O) groups is 1. The Kier molecular flexibility index (Phi) is 5.07. The number of carbonyl (C=O) groups excluding carboxylic acids is 1. The fourth-order valence-corrected chi connectivity index (χ4v) is 2.19. The molecular formula is C10H9Br2NO4. The number of alkyl halides is 2. The van der Waals surface area contributed by atoms with Gasteiger partial charge in [-0.3, -0.25) is 14.9 Å². The van der Waals surface area contributed by atoms with Crippen LogP contribution in [0.15, 0.2) is 24.3 Å². The Morgan fingerprint density at radius 2 is 1.88 bits per heavy atom. The first-order chi connectivity index (χ1) is 7.97. The quantitative estimate of drug-likeness (QED) is 0.355. The van der Waals surface area contributed by atoms with Gasteiger partial charge in [-0.1, -0.05) is 44.0 Å². The number of hydrogen-bond acceptors (Lipinski definition) is 4. The monoisotopic (exact) mass is 365 g/mol. The first-order valence-corrected chi connectivity index (χ1v) is 6.41. The Morgan fingerprint density at radius 1 is 1.35 bits per heavy atom. The summed E-state index contributed by atoms with van der Waals surface area (Å²) in [6.07, 6.45) is 0. The van der Waals surface area contributed by atoms with Crippen molar-refractivity contribution in [2.45, 2.75) is 9.65 Å². The van der Waals surface area contributed by atoms with Crippen LogP contribution in [0.3, 0.4) is 0 Å². The largest absolute Gasteiger partial charge is 0.468 e. The number of nitrogens with zero attached hydrogens (tertiary/aromatic N) is 1. The van der Waals surface area contributed by atoms with E-state index in [1.54, 1.807) is 12.1 Å². The molecule has 1 aromatic rings. The van der Waals surface area contributed by atoms with Crippen LogP contribution in [-0.2, 0) is 9.53 Å². The van der Waals surface area contributed by atoms with Gasteiger partial charge in [0.15, 0.2) is 0 Å². The van der Waals surface area contributed by atoms with Crippen molar-refractivity contribution in [1.82, 2.24) is 0 Å². The minimum Gasteiger partial charge on any atom is -0.468 e. The summed E-state index contributed by atoms with van der Waals surface area (Å²) in [5, 5.41) is 10.5. The highest BCUT2D eigenvalue weighted by molar-refractivity contribution is 9.12. The zero-order valence-corrected chi connectivity index (χ0v) is 12.0. The number of non-ortho nitro benzene ring substituents is 1. The molecule has 0 unspecified atom stereocenters. The molecule has 17 heavy (non-hydrogen) atoms. The van der Waals surface area contributed by atoms with Crippen LogP contribution in [-0.4, -0.2) is 22.8 Å². The van der Waals surface area contributed by atoms with Gasteiger partial charge < -0.3 is 4.74 Å². The van der Waals surface area contributed by atoms with Crippen molar-refractivity contribution < 1.29 is 14.5 Å². The van der Waals surface area contributed by atoms with Gasteiger partial charge in [0, 0.05) is 12.1 Å². The second-order valence-electron chi connectivity index (χ2n) is 3.18. The van der Waals surface area contributed by atoms with E-state index in [-0.39, 0.29) is 10.5 Å². The maximum Gasteiger partial charge on any atom is 0.320 e. The van der Waals surface area contributed by atoms with E-state index in [0.717, 1.165) is 5.56 Å². The number of nitro groups is 1. The third kappa shape index (κ3) is 3.50. The van der Waals surface area contributed by atoms with E-state index >= 15 is 0 Å². The SMILES string of the molecule is COC(=O)[C@H](Br)[C@H](Br)c1ccc([N+](=O)[O-])cc1. The van der Waals surface area contributed by atoms with Crippen LogP contribution in [0.1, 0.15) is 10.4 Å². The molecule has 0 aliphatic heterocycles. The minimum absolute atomic E-state index is 0.0117. The van der Waals surface area contributed by atoms with Crippen LogP contribution < -0.4 is 0 Å². The van der Waals surface area contributed by atoms with Crippen LogP contribution in [0.4, 0.5) is 5.69 Å². The van der Waals surface area contributed by atoms with Crippen LogP contribution >= 0.6 is 31.9 Å². The highest BCUT2D eigenvalue weighted by Gasteiger charge is 2.26. The molecule has 7 heteroatoms. The first-order valence-electron chi connectivity index (χ1n) is 4.57. The minimum atomic E-state index is -0.547. The summed E-state index contributed by atoms with van der Waals surface area (Å²) in [5.41, 5.74) is 0.764. The summed E-state index contributed by atoms with van der Waals surface area (Å²) in [7, 11) is 1.30. The van der Waals surface area contributed by atoms with E-state index < -0.39 is 15.7 Å².